The number of aliphatic carboxylic acids is 1. The number of carboxylic acid groups (broad SMARTS) is 1. The van der Waals surface area contributed by atoms with Gasteiger partial charge in [-0.3, -0.25) is 0 Å². The van der Waals surface area contributed by atoms with Gasteiger partial charge in [0.1, 0.15) is 6.04 Å². The molecular formula is C16H22N2O3. The number of amides is 2. The van der Waals surface area contributed by atoms with Crippen LogP contribution in [0.4, 0.5) is 10.5 Å². The second-order valence-electron chi connectivity index (χ2n) is 5.95. The lowest BCUT2D eigenvalue weighted by molar-refractivity contribution is -0.139. The molecule has 2 amide bonds. The zero-order valence-electron chi connectivity index (χ0n) is 12.6. The lowest BCUT2D eigenvalue weighted by Crippen LogP contribution is -2.44. The maximum absolute atomic E-state index is 12.1. The molecule has 1 aromatic carbocycles. The van der Waals surface area contributed by atoms with E-state index in [1.165, 1.54) is 0 Å². The Morgan fingerprint density at radius 3 is 2.48 bits per heavy atom. The molecule has 0 heterocycles. The molecule has 0 spiro atoms. The van der Waals surface area contributed by atoms with Crippen molar-refractivity contribution in [2.24, 2.45) is 5.92 Å². The van der Waals surface area contributed by atoms with Crippen LogP contribution in [0, 0.1) is 12.8 Å². The molecule has 114 valence electrons. The third-order valence-electron chi connectivity index (χ3n) is 3.81. The van der Waals surface area contributed by atoms with Crippen LogP contribution in [0.1, 0.15) is 43.7 Å². The zero-order chi connectivity index (χ0) is 15.6. The highest BCUT2D eigenvalue weighted by atomic mass is 16.4. The van der Waals surface area contributed by atoms with Gasteiger partial charge in [-0.2, -0.15) is 0 Å². The van der Waals surface area contributed by atoms with E-state index in [1.54, 1.807) is 0 Å². The highest BCUT2D eigenvalue weighted by Gasteiger charge is 2.37. The summed E-state index contributed by atoms with van der Waals surface area (Å²) in [6.45, 7) is 6.04. The summed E-state index contributed by atoms with van der Waals surface area (Å²) in [7, 11) is 0. The van der Waals surface area contributed by atoms with Crippen molar-refractivity contribution in [1.82, 2.24) is 5.32 Å². The van der Waals surface area contributed by atoms with Crippen molar-refractivity contribution in [2.45, 2.75) is 45.6 Å². The lowest BCUT2D eigenvalue weighted by atomic mass is 9.98. The Kier molecular flexibility index (Phi) is 4.50. The Balaban J connectivity index is 2.10. The number of rotatable bonds is 5. The summed E-state index contributed by atoms with van der Waals surface area (Å²) in [6, 6.07) is 4.61. The molecule has 1 aliphatic carbocycles. The predicted octanol–water partition coefficient (Wildman–Crippen LogP) is 3.10. The molecule has 0 aromatic heterocycles. The average Bonchev–Trinajstić information content (AvgIpc) is 3.22. The first-order chi connectivity index (χ1) is 9.90. The molecular weight excluding hydrogens is 268 g/mol. The van der Waals surface area contributed by atoms with E-state index in [9.17, 15) is 9.59 Å². The van der Waals surface area contributed by atoms with Gasteiger partial charge in [0.15, 0.2) is 0 Å². The predicted molar refractivity (Wildman–Crippen MR) is 81.6 cm³/mol. The zero-order valence-corrected chi connectivity index (χ0v) is 12.6. The third kappa shape index (κ3) is 3.74. The molecule has 0 bridgehead atoms. The number of aryl methyl sites for hydroxylation is 1. The second-order valence-corrected chi connectivity index (χ2v) is 5.95. The average molecular weight is 290 g/mol. The number of benzene rings is 1. The fraction of sp³-hybridized carbons (Fsp3) is 0.500. The van der Waals surface area contributed by atoms with Gasteiger partial charge < -0.3 is 15.7 Å². The van der Waals surface area contributed by atoms with E-state index in [-0.39, 0.29) is 11.8 Å². The minimum Gasteiger partial charge on any atom is -0.480 e. The van der Waals surface area contributed by atoms with Crippen molar-refractivity contribution in [3.8, 4) is 0 Å². The Morgan fingerprint density at radius 2 is 1.95 bits per heavy atom. The summed E-state index contributed by atoms with van der Waals surface area (Å²) in [5, 5.41) is 14.5. The summed E-state index contributed by atoms with van der Waals surface area (Å²) >= 11 is 0. The summed E-state index contributed by atoms with van der Waals surface area (Å²) < 4.78 is 0. The van der Waals surface area contributed by atoms with E-state index in [0.29, 0.717) is 0 Å². The smallest absolute Gasteiger partial charge is 0.326 e. The number of carbonyl (C=O) groups is 2. The third-order valence-corrected chi connectivity index (χ3v) is 3.81. The lowest BCUT2D eigenvalue weighted by Gasteiger charge is -2.19. The molecule has 5 nitrogen and oxygen atoms in total. The van der Waals surface area contributed by atoms with Gasteiger partial charge in [0.25, 0.3) is 0 Å². The van der Waals surface area contributed by atoms with Crippen molar-refractivity contribution in [1.29, 1.82) is 0 Å². The summed E-state index contributed by atoms with van der Waals surface area (Å²) in [4.78, 5) is 23.3. The Bertz CT molecular complexity index is 550. The fourth-order valence-electron chi connectivity index (χ4n) is 2.44. The van der Waals surface area contributed by atoms with Crippen molar-refractivity contribution < 1.29 is 14.7 Å². The largest absolute Gasteiger partial charge is 0.480 e. The molecule has 1 atom stereocenters. The van der Waals surface area contributed by atoms with Crippen LogP contribution in [0.25, 0.3) is 0 Å². The Morgan fingerprint density at radius 1 is 1.29 bits per heavy atom. The molecule has 1 unspecified atom stereocenters. The van der Waals surface area contributed by atoms with Gasteiger partial charge >= 0.3 is 12.0 Å². The molecule has 1 saturated carbocycles. The van der Waals surface area contributed by atoms with Crippen LogP contribution in [0.15, 0.2) is 18.2 Å². The number of urea groups is 1. The number of anilines is 1. The Hall–Kier alpha value is -2.04. The quantitative estimate of drug-likeness (QED) is 0.779. The minimum absolute atomic E-state index is 0.0645. The first-order valence-corrected chi connectivity index (χ1v) is 7.30. The van der Waals surface area contributed by atoms with E-state index in [0.717, 1.165) is 29.7 Å². The number of hydrogen-bond donors (Lipinski definition) is 3. The van der Waals surface area contributed by atoms with Crippen molar-refractivity contribution in [3.63, 3.8) is 0 Å². The number of carboxylic acids is 1. The molecule has 21 heavy (non-hydrogen) atoms. The molecule has 0 saturated heterocycles. The van der Waals surface area contributed by atoms with Gasteiger partial charge in [0.05, 0.1) is 0 Å². The van der Waals surface area contributed by atoms with E-state index < -0.39 is 18.0 Å². The Labute approximate surface area is 124 Å². The molecule has 1 aromatic rings. The SMILES string of the molecule is Cc1cccc(C(C)C)c1NC(=O)NC(C(=O)O)C1CC1. The minimum atomic E-state index is -0.971. The van der Waals surface area contributed by atoms with E-state index in [4.69, 9.17) is 5.11 Å². The van der Waals surface area contributed by atoms with E-state index in [2.05, 4.69) is 24.5 Å². The number of para-hydroxylation sites is 1. The van der Waals surface area contributed by atoms with Crippen LogP contribution in [0.2, 0.25) is 0 Å². The molecule has 1 fully saturated rings. The molecule has 3 N–H and O–H groups in total. The van der Waals surface area contributed by atoms with Crippen molar-refractivity contribution >= 4 is 17.7 Å². The summed E-state index contributed by atoms with van der Waals surface area (Å²) in [6.07, 6.45) is 1.72. The highest BCUT2D eigenvalue weighted by molar-refractivity contribution is 5.93. The van der Waals surface area contributed by atoms with Gasteiger partial charge in [0.2, 0.25) is 0 Å². The topological polar surface area (TPSA) is 78.4 Å². The molecule has 2 rings (SSSR count). The fourth-order valence-corrected chi connectivity index (χ4v) is 2.44. The number of carbonyl (C=O) groups excluding carboxylic acids is 1. The second kappa shape index (κ2) is 6.16. The number of nitrogens with one attached hydrogen (secondary N) is 2. The van der Waals surface area contributed by atoms with Gasteiger partial charge in [-0.05, 0) is 42.7 Å². The maximum Gasteiger partial charge on any atom is 0.326 e. The molecule has 5 heteroatoms. The summed E-state index contributed by atoms with van der Waals surface area (Å²) in [5.74, 6) is -0.630. The van der Waals surface area contributed by atoms with Crippen molar-refractivity contribution in [3.05, 3.63) is 29.3 Å². The summed E-state index contributed by atoms with van der Waals surface area (Å²) in [5.41, 5.74) is 2.78. The van der Waals surface area contributed by atoms with Crippen LogP contribution in [0.5, 0.6) is 0 Å². The first-order valence-electron chi connectivity index (χ1n) is 7.30. The van der Waals surface area contributed by atoms with Crippen LogP contribution >= 0.6 is 0 Å². The van der Waals surface area contributed by atoms with Crippen LogP contribution in [-0.4, -0.2) is 23.1 Å². The van der Waals surface area contributed by atoms with E-state index in [1.807, 2.05) is 25.1 Å². The van der Waals surface area contributed by atoms with Crippen LogP contribution in [0.3, 0.4) is 0 Å². The molecule has 1 aliphatic rings. The first kappa shape index (κ1) is 15.4. The van der Waals surface area contributed by atoms with Gasteiger partial charge in [-0.25, -0.2) is 9.59 Å². The molecule has 0 aliphatic heterocycles. The monoisotopic (exact) mass is 290 g/mol. The maximum atomic E-state index is 12.1. The van der Waals surface area contributed by atoms with E-state index >= 15 is 0 Å². The van der Waals surface area contributed by atoms with Crippen LogP contribution in [-0.2, 0) is 4.79 Å². The normalized spacial score (nSPS) is 15.6. The van der Waals surface area contributed by atoms with Gasteiger partial charge in [-0.1, -0.05) is 32.0 Å². The van der Waals surface area contributed by atoms with Crippen LogP contribution < -0.4 is 10.6 Å². The number of hydrogen-bond acceptors (Lipinski definition) is 2. The van der Waals surface area contributed by atoms with Crippen molar-refractivity contribution in [2.75, 3.05) is 5.32 Å². The molecule has 0 radical (unpaired) electrons. The van der Waals surface area contributed by atoms with Gasteiger partial charge in [-0.15, -0.1) is 0 Å². The standard InChI is InChI=1S/C16H22N2O3/c1-9(2)12-6-4-5-10(3)13(12)17-16(21)18-14(15(19)20)11-7-8-11/h4-6,9,11,14H,7-8H2,1-3H3,(H,19,20)(H2,17,18,21). The van der Waals surface area contributed by atoms with Gasteiger partial charge in [0, 0.05) is 5.69 Å². The highest BCUT2D eigenvalue weighted by Crippen LogP contribution is 2.33.